The molecule has 2 amide bonds. The Bertz CT molecular complexity index is 837. The van der Waals surface area contributed by atoms with Crippen LogP contribution in [0.3, 0.4) is 0 Å². The van der Waals surface area contributed by atoms with Crippen molar-refractivity contribution in [3.05, 3.63) is 52.8 Å². The summed E-state index contributed by atoms with van der Waals surface area (Å²) in [6.45, 7) is 3.21. The van der Waals surface area contributed by atoms with Gasteiger partial charge in [-0.15, -0.1) is 0 Å². The lowest BCUT2D eigenvalue weighted by atomic mass is 10.1. The summed E-state index contributed by atoms with van der Waals surface area (Å²) < 4.78 is 13.0. The van der Waals surface area contributed by atoms with E-state index >= 15 is 0 Å². The number of nitrogens with zero attached hydrogens (tertiary/aromatic N) is 1. The second-order valence-corrected chi connectivity index (χ2v) is 5.38. The molecule has 0 saturated carbocycles. The van der Waals surface area contributed by atoms with Crippen LogP contribution in [0.1, 0.15) is 23.6 Å². The standard InChI is InChI=1S/C17H18FN3O4/c1-9-14(22)6-4-12(16(9)24)10(2)20-21-17(25)19-8-11-3-5-13(18)15(23)7-11/h3-7,22-24H,8H2,1-2H3,(H2,19,21,25)/b20-10+. The number of nitrogens with one attached hydrogen (secondary N) is 2. The van der Waals surface area contributed by atoms with Gasteiger partial charge >= 0.3 is 6.03 Å². The molecule has 0 bridgehead atoms. The highest BCUT2D eigenvalue weighted by atomic mass is 19.1. The second-order valence-electron chi connectivity index (χ2n) is 5.38. The van der Waals surface area contributed by atoms with Crippen molar-refractivity contribution in [1.82, 2.24) is 10.7 Å². The van der Waals surface area contributed by atoms with E-state index in [4.69, 9.17) is 0 Å². The molecule has 0 aromatic heterocycles. The fraction of sp³-hybridized carbons (Fsp3) is 0.176. The maximum atomic E-state index is 13.0. The van der Waals surface area contributed by atoms with Gasteiger partial charge in [-0.1, -0.05) is 6.07 Å². The van der Waals surface area contributed by atoms with Gasteiger partial charge in [-0.05, 0) is 43.7 Å². The van der Waals surface area contributed by atoms with Crippen LogP contribution in [0.15, 0.2) is 35.4 Å². The Hall–Kier alpha value is -3.29. The molecule has 8 heteroatoms. The molecule has 7 nitrogen and oxygen atoms in total. The van der Waals surface area contributed by atoms with Crippen LogP contribution in [-0.2, 0) is 6.54 Å². The van der Waals surface area contributed by atoms with Crippen LogP contribution in [0.4, 0.5) is 9.18 Å². The zero-order chi connectivity index (χ0) is 18.6. The first kappa shape index (κ1) is 18.1. The molecule has 0 aliphatic rings. The molecular formula is C17H18FN3O4. The van der Waals surface area contributed by atoms with Crippen LogP contribution >= 0.6 is 0 Å². The van der Waals surface area contributed by atoms with E-state index in [0.29, 0.717) is 22.4 Å². The number of rotatable bonds is 4. The van der Waals surface area contributed by atoms with Gasteiger partial charge in [0.25, 0.3) is 0 Å². The molecule has 0 spiro atoms. The third kappa shape index (κ3) is 4.37. The average molecular weight is 347 g/mol. The number of aromatic hydroxyl groups is 3. The first-order valence-corrected chi connectivity index (χ1v) is 7.37. The van der Waals surface area contributed by atoms with Crippen molar-refractivity contribution in [2.75, 3.05) is 0 Å². The van der Waals surface area contributed by atoms with E-state index in [0.717, 1.165) is 6.07 Å². The van der Waals surface area contributed by atoms with E-state index in [-0.39, 0.29) is 18.0 Å². The smallest absolute Gasteiger partial charge is 0.335 e. The Morgan fingerprint density at radius 2 is 1.88 bits per heavy atom. The molecule has 25 heavy (non-hydrogen) atoms. The second kappa shape index (κ2) is 7.52. The Morgan fingerprint density at radius 3 is 2.56 bits per heavy atom. The van der Waals surface area contributed by atoms with Crippen LogP contribution in [-0.4, -0.2) is 27.1 Å². The van der Waals surface area contributed by atoms with Crippen molar-refractivity contribution in [1.29, 1.82) is 0 Å². The number of amides is 2. The van der Waals surface area contributed by atoms with Gasteiger partial charge in [0.15, 0.2) is 11.6 Å². The van der Waals surface area contributed by atoms with Gasteiger partial charge in [0.1, 0.15) is 11.5 Å². The fourth-order valence-electron chi connectivity index (χ4n) is 2.07. The van der Waals surface area contributed by atoms with Crippen LogP contribution in [0, 0.1) is 12.7 Å². The van der Waals surface area contributed by atoms with Crippen molar-refractivity contribution in [2.45, 2.75) is 20.4 Å². The molecule has 132 valence electrons. The number of phenols is 3. The largest absolute Gasteiger partial charge is 0.508 e. The quantitative estimate of drug-likeness (QED) is 0.432. The third-order valence-electron chi connectivity index (χ3n) is 3.58. The van der Waals surface area contributed by atoms with E-state index in [9.17, 15) is 24.5 Å². The molecule has 0 aliphatic carbocycles. The summed E-state index contributed by atoms with van der Waals surface area (Å²) in [4.78, 5) is 11.7. The monoisotopic (exact) mass is 347 g/mol. The van der Waals surface area contributed by atoms with Gasteiger partial charge in [0.2, 0.25) is 0 Å². The van der Waals surface area contributed by atoms with Gasteiger partial charge in [0.05, 0.1) is 5.71 Å². The van der Waals surface area contributed by atoms with Gasteiger partial charge < -0.3 is 20.6 Å². The topological polar surface area (TPSA) is 114 Å². The lowest BCUT2D eigenvalue weighted by molar-refractivity contribution is 0.241. The highest BCUT2D eigenvalue weighted by Crippen LogP contribution is 2.29. The van der Waals surface area contributed by atoms with E-state index in [1.807, 2.05) is 0 Å². The Balaban J connectivity index is 1.97. The third-order valence-corrected chi connectivity index (χ3v) is 3.58. The molecule has 0 unspecified atom stereocenters. The van der Waals surface area contributed by atoms with Crippen molar-refractivity contribution in [3.63, 3.8) is 0 Å². The molecule has 0 fully saturated rings. The summed E-state index contributed by atoms with van der Waals surface area (Å²) >= 11 is 0. The summed E-state index contributed by atoms with van der Waals surface area (Å²) in [5, 5.41) is 35.1. The predicted octanol–water partition coefficient (Wildman–Crippen LogP) is 2.47. The van der Waals surface area contributed by atoms with Crippen molar-refractivity contribution < 1.29 is 24.5 Å². The maximum Gasteiger partial charge on any atom is 0.335 e. The van der Waals surface area contributed by atoms with E-state index < -0.39 is 17.6 Å². The summed E-state index contributed by atoms with van der Waals surface area (Å²) in [7, 11) is 0. The highest BCUT2D eigenvalue weighted by Gasteiger charge is 2.11. The number of urea groups is 1. The zero-order valence-corrected chi connectivity index (χ0v) is 13.7. The minimum absolute atomic E-state index is 0.0395. The first-order chi connectivity index (χ1) is 11.8. The molecule has 2 aromatic carbocycles. The average Bonchev–Trinajstić information content (AvgIpc) is 2.58. The number of phenolic OH excluding ortho intramolecular Hbond substituents is 3. The molecule has 0 atom stereocenters. The molecular weight excluding hydrogens is 329 g/mol. The number of carbonyl (C=O) groups excluding carboxylic acids is 1. The molecule has 5 N–H and O–H groups in total. The lowest BCUT2D eigenvalue weighted by Gasteiger charge is -2.09. The zero-order valence-electron chi connectivity index (χ0n) is 13.7. The number of hydrazone groups is 1. The Morgan fingerprint density at radius 1 is 1.16 bits per heavy atom. The van der Waals surface area contributed by atoms with Crippen molar-refractivity contribution >= 4 is 11.7 Å². The molecule has 2 rings (SSSR count). The molecule has 2 aromatic rings. The first-order valence-electron chi connectivity index (χ1n) is 7.37. The minimum atomic E-state index is -0.738. The summed E-state index contributed by atoms with van der Waals surface area (Å²) in [6, 6.07) is 6.03. The summed E-state index contributed by atoms with van der Waals surface area (Å²) in [6.07, 6.45) is 0. The van der Waals surface area contributed by atoms with E-state index in [1.54, 1.807) is 13.8 Å². The van der Waals surface area contributed by atoms with Gasteiger partial charge in [-0.25, -0.2) is 14.6 Å². The Labute approximate surface area is 143 Å². The predicted molar refractivity (Wildman–Crippen MR) is 90.2 cm³/mol. The molecule has 0 radical (unpaired) electrons. The van der Waals surface area contributed by atoms with Gasteiger partial charge in [0, 0.05) is 17.7 Å². The maximum absolute atomic E-state index is 13.0. The fourth-order valence-corrected chi connectivity index (χ4v) is 2.07. The highest BCUT2D eigenvalue weighted by molar-refractivity contribution is 6.02. The van der Waals surface area contributed by atoms with Crippen LogP contribution in [0.2, 0.25) is 0 Å². The number of carbonyl (C=O) groups is 1. The number of hydrogen-bond donors (Lipinski definition) is 5. The number of halogens is 1. The van der Waals surface area contributed by atoms with Crippen LogP contribution in [0.5, 0.6) is 17.2 Å². The lowest BCUT2D eigenvalue weighted by Crippen LogP contribution is -2.32. The van der Waals surface area contributed by atoms with Gasteiger partial charge in [-0.3, -0.25) is 0 Å². The summed E-state index contributed by atoms with van der Waals surface area (Å²) in [5.41, 5.74) is 3.81. The van der Waals surface area contributed by atoms with Crippen LogP contribution < -0.4 is 10.7 Å². The van der Waals surface area contributed by atoms with E-state index in [2.05, 4.69) is 15.8 Å². The molecule has 0 saturated heterocycles. The van der Waals surface area contributed by atoms with Gasteiger partial charge in [-0.2, -0.15) is 5.10 Å². The minimum Gasteiger partial charge on any atom is -0.508 e. The normalized spacial score (nSPS) is 11.2. The number of benzene rings is 2. The van der Waals surface area contributed by atoms with Crippen molar-refractivity contribution in [2.24, 2.45) is 5.10 Å². The summed E-state index contributed by atoms with van der Waals surface area (Å²) in [5.74, 6) is -1.39. The van der Waals surface area contributed by atoms with Crippen LogP contribution in [0.25, 0.3) is 0 Å². The number of hydrogen-bond acceptors (Lipinski definition) is 5. The van der Waals surface area contributed by atoms with Crippen molar-refractivity contribution in [3.8, 4) is 17.2 Å². The molecule has 0 aliphatic heterocycles. The Kier molecular flexibility index (Phi) is 5.43. The molecule has 0 heterocycles. The van der Waals surface area contributed by atoms with E-state index in [1.165, 1.54) is 24.3 Å². The SMILES string of the molecule is C/C(=N\NC(=O)NCc1ccc(F)c(O)c1)c1ccc(O)c(C)c1O.